The maximum atomic E-state index is 13.0. The second-order valence-electron chi connectivity index (χ2n) is 6.66. The molecule has 0 bridgehead atoms. The summed E-state index contributed by atoms with van der Waals surface area (Å²) in [5.74, 6) is 0.682. The van der Waals surface area contributed by atoms with E-state index in [0.717, 1.165) is 31.1 Å². The van der Waals surface area contributed by atoms with Gasteiger partial charge in [0.1, 0.15) is 5.69 Å². The third kappa shape index (κ3) is 4.39. The van der Waals surface area contributed by atoms with Crippen molar-refractivity contribution in [3.8, 4) is 0 Å². The molecule has 26 heavy (non-hydrogen) atoms. The molecule has 0 spiro atoms. The molecular weight excluding hydrogens is 389 g/mol. The fraction of sp³-hybridized carbons (Fsp3) is 0.474. The van der Waals surface area contributed by atoms with Crippen LogP contribution in [0.2, 0.25) is 0 Å². The highest BCUT2D eigenvalue weighted by atomic mass is 35.5. The van der Waals surface area contributed by atoms with Gasteiger partial charge in [0, 0.05) is 30.9 Å². The highest BCUT2D eigenvalue weighted by Crippen LogP contribution is 2.41. The maximum Gasteiger partial charge on any atom is 0.273 e. The van der Waals surface area contributed by atoms with Crippen LogP contribution in [0.1, 0.15) is 58.3 Å². The first-order valence-electron chi connectivity index (χ1n) is 8.82. The van der Waals surface area contributed by atoms with Crippen molar-refractivity contribution in [3.05, 3.63) is 51.5 Å². The summed E-state index contributed by atoms with van der Waals surface area (Å²) in [6.45, 7) is 4.54. The van der Waals surface area contributed by atoms with Crippen LogP contribution in [-0.4, -0.2) is 35.4 Å². The summed E-state index contributed by atoms with van der Waals surface area (Å²) >= 11 is 1.64. The van der Waals surface area contributed by atoms with Gasteiger partial charge < -0.3 is 10.2 Å². The van der Waals surface area contributed by atoms with Crippen LogP contribution in [0.25, 0.3) is 0 Å². The predicted molar refractivity (Wildman–Crippen MR) is 111 cm³/mol. The number of piperazine rings is 1. The molecule has 2 heterocycles. The van der Waals surface area contributed by atoms with Gasteiger partial charge in [-0.05, 0) is 30.4 Å². The molecular formula is C19H25Cl2N3OS. The van der Waals surface area contributed by atoms with E-state index in [-0.39, 0.29) is 36.8 Å². The molecule has 1 saturated heterocycles. The highest BCUT2D eigenvalue weighted by molar-refractivity contribution is 7.10. The molecule has 4 nitrogen and oxygen atoms in total. The van der Waals surface area contributed by atoms with Crippen LogP contribution in [0.3, 0.4) is 0 Å². The summed E-state index contributed by atoms with van der Waals surface area (Å²) in [4.78, 5) is 19.6. The van der Waals surface area contributed by atoms with Crippen molar-refractivity contribution in [3.63, 3.8) is 0 Å². The van der Waals surface area contributed by atoms with Crippen LogP contribution in [0.4, 0.5) is 0 Å². The average molecular weight is 414 g/mol. The van der Waals surface area contributed by atoms with Gasteiger partial charge in [-0.15, -0.1) is 36.2 Å². The smallest absolute Gasteiger partial charge is 0.273 e. The third-order valence-electron chi connectivity index (χ3n) is 4.94. The molecule has 1 saturated carbocycles. The Kier molecular flexibility index (Phi) is 7.47. The summed E-state index contributed by atoms with van der Waals surface area (Å²) in [5, 5.41) is 6.50. The molecule has 1 aliphatic heterocycles. The highest BCUT2D eigenvalue weighted by Gasteiger charge is 2.32. The van der Waals surface area contributed by atoms with Crippen LogP contribution >= 0.6 is 36.2 Å². The van der Waals surface area contributed by atoms with E-state index < -0.39 is 0 Å². The Hall–Kier alpha value is -1.14. The first-order valence-corrected chi connectivity index (χ1v) is 9.70. The molecule has 1 N–H and O–H groups in total. The topological polar surface area (TPSA) is 45.2 Å². The average Bonchev–Trinajstić information content (AvgIpc) is 3.38. The molecule has 1 aromatic heterocycles. The molecule has 2 fully saturated rings. The van der Waals surface area contributed by atoms with E-state index in [2.05, 4.69) is 41.5 Å². The number of aryl methyl sites for hydroxylation is 1. The Balaban J connectivity index is 0.00000121. The molecule has 1 atom stereocenters. The number of carbonyl (C=O) groups is 1. The lowest BCUT2D eigenvalue weighted by Gasteiger charge is -2.36. The standard InChI is InChI=1S/C19H23N3OS.2ClH/c1-2-13-3-5-14(6-4-13)17-11-20-9-10-22(17)19(23)16-12-24-18(21-16)15-7-8-15;;/h3-6,12,15,17,20H,2,7-11H2,1H3;2*1H. The number of amides is 1. The number of benzene rings is 1. The molecule has 2 aliphatic rings. The number of nitrogens with zero attached hydrogens (tertiary/aromatic N) is 2. The van der Waals surface area contributed by atoms with Gasteiger partial charge in [0.2, 0.25) is 0 Å². The number of aromatic nitrogens is 1. The largest absolute Gasteiger partial charge is 0.328 e. The van der Waals surface area contributed by atoms with E-state index in [1.54, 1.807) is 11.3 Å². The van der Waals surface area contributed by atoms with Crippen molar-refractivity contribution < 1.29 is 4.79 Å². The number of hydrogen-bond donors (Lipinski definition) is 1. The lowest BCUT2D eigenvalue weighted by atomic mass is 10.0. The van der Waals surface area contributed by atoms with E-state index in [0.29, 0.717) is 11.6 Å². The number of halogens is 2. The molecule has 142 valence electrons. The van der Waals surface area contributed by atoms with Gasteiger partial charge in [0.25, 0.3) is 5.91 Å². The molecule has 4 rings (SSSR count). The summed E-state index contributed by atoms with van der Waals surface area (Å²) in [5.41, 5.74) is 3.15. The Morgan fingerprint density at radius 1 is 1.27 bits per heavy atom. The van der Waals surface area contributed by atoms with Crippen molar-refractivity contribution in [2.45, 2.75) is 38.1 Å². The summed E-state index contributed by atoms with van der Waals surface area (Å²) < 4.78 is 0. The van der Waals surface area contributed by atoms with Crippen molar-refractivity contribution in [2.24, 2.45) is 0 Å². The molecule has 1 unspecified atom stereocenters. The maximum absolute atomic E-state index is 13.0. The predicted octanol–water partition coefficient (Wildman–Crippen LogP) is 4.21. The molecule has 1 amide bonds. The Bertz CT molecular complexity index is 731. The van der Waals surface area contributed by atoms with Gasteiger partial charge >= 0.3 is 0 Å². The quantitative estimate of drug-likeness (QED) is 0.815. The molecule has 0 radical (unpaired) electrons. The van der Waals surface area contributed by atoms with Crippen molar-refractivity contribution in [1.82, 2.24) is 15.2 Å². The molecule has 2 aromatic rings. The number of nitrogens with one attached hydrogen (secondary N) is 1. The van der Waals surface area contributed by atoms with Crippen molar-refractivity contribution >= 4 is 42.1 Å². The minimum absolute atomic E-state index is 0. The van der Waals surface area contributed by atoms with Gasteiger partial charge in [-0.3, -0.25) is 4.79 Å². The summed E-state index contributed by atoms with van der Waals surface area (Å²) in [6.07, 6.45) is 3.48. The van der Waals surface area contributed by atoms with Gasteiger partial charge in [-0.2, -0.15) is 0 Å². The van der Waals surface area contributed by atoms with Gasteiger partial charge in [0.05, 0.1) is 11.0 Å². The van der Waals surface area contributed by atoms with Crippen molar-refractivity contribution in [2.75, 3.05) is 19.6 Å². The number of thiazole rings is 1. The number of hydrogen-bond acceptors (Lipinski definition) is 4. The molecule has 1 aromatic carbocycles. The second-order valence-corrected chi connectivity index (χ2v) is 7.55. The number of rotatable bonds is 4. The SMILES string of the molecule is CCc1ccc(C2CNCCN2C(=O)c2csc(C3CC3)n2)cc1.Cl.Cl. The van der Waals surface area contributed by atoms with Crippen LogP contribution in [-0.2, 0) is 6.42 Å². The summed E-state index contributed by atoms with van der Waals surface area (Å²) in [6, 6.07) is 8.74. The monoisotopic (exact) mass is 413 g/mol. The molecule has 7 heteroatoms. The van der Waals surface area contributed by atoms with E-state index >= 15 is 0 Å². The minimum atomic E-state index is 0. The van der Waals surface area contributed by atoms with Crippen LogP contribution in [0, 0.1) is 0 Å². The molecule has 1 aliphatic carbocycles. The second kappa shape index (κ2) is 9.18. The Morgan fingerprint density at radius 3 is 2.65 bits per heavy atom. The Labute approximate surface area is 171 Å². The lowest BCUT2D eigenvalue weighted by molar-refractivity contribution is 0.0629. The van der Waals surface area contributed by atoms with E-state index in [4.69, 9.17) is 0 Å². The fourth-order valence-corrected chi connectivity index (χ4v) is 4.24. The van der Waals surface area contributed by atoms with Gasteiger partial charge in [-0.1, -0.05) is 31.2 Å². The van der Waals surface area contributed by atoms with Gasteiger partial charge in [0.15, 0.2) is 0 Å². The van der Waals surface area contributed by atoms with E-state index in [9.17, 15) is 4.79 Å². The third-order valence-corrected chi connectivity index (χ3v) is 5.95. The minimum Gasteiger partial charge on any atom is -0.328 e. The first kappa shape index (κ1) is 21.2. The lowest BCUT2D eigenvalue weighted by Crippen LogP contribution is -2.48. The Morgan fingerprint density at radius 2 is 2.00 bits per heavy atom. The van der Waals surface area contributed by atoms with E-state index in [1.807, 2.05) is 10.3 Å². The summed E-state index contributed by atoms with van der Waals surface area (Å²) in [7, 11) is 0. The normalized spacial score (nSPS) is 19.4. The zero-order chi connectivity index (χ0) is 16.5. The van der Waals surface area contributed by atoms with Crippen LogP contribution in [0.15, 0.2) is 29.6 Å². The van der Waals surface area contributed by atoms with Crippen LogP contribution < -0.4 is 5.32 Å². The zero-order valence-corrected chi connectivity index (χ0v) is 17.3. The van der Waals surface area contributed by atoms with Gasteiger partial charge in [-0.25, -0.2) is 4.98 Å². The van der Waals surface area contributed by atoms with E-state index in [1.165, 1.54) is 24.0 Å². The zero-order valence-electron chi connectivity index (χ0n) is 14.8. The van der Waals surface area contributed by atoms with Crippen molar-refractivity contribution in [1.29, 1.82) is 0 Å². The first-order chi connectivity index (χ1) is 11.8. The fourth-order valence-electron chi connectivity index (χ4n) is 3.27. The number of carbonyl (C=O) groups excluding carboxylic acids is 1. The van der Waals surface area contributed by atoms with Crippen LogP contribution in [0.5, 0.6) is 0 Å².